The summed E-state index contributed by atoms with van der Waals surface area (Å²) in [5, 5.41) is 12.5. The fraction of sp³-hybridized carbons (Fsp3) is 0.148. The van der Waals surface area contributed by atoms with Crippen molar-refractivity contribution in [3.8, 4) is 5.75 Å². The van der Waals surface area contributed by atoms with E-state index in [9.17, 15) is 8.42 Å². The van der Waals surface area contributed by atoms with Crippen molar-refractivity contribution >= 4 is 48.5 Å². The van der Waals surface area contributed by atoms with Crippen molar-refractivity contribution in [2.45, 2.75) is 17.7 Å². The van der Waals surface area contributed by atoms with Gasteiger partial charge < -0.3 is 15.4 Å². The highest BCUT2D eigenvalue weighted by atomic mass is 32.2. The number of benzene rings is 3. The van der Waals surface area contributed by atoms with E-state index >= 15 is 0 Å². The number of nitrogens with zero attached hydrogens (tertiary/aromatic N) is 3. The van der Waals surface area contributed by atoms with Gasteiger partial charge in [-0.1, -0.05) is 53.8 Å². The minimum absolute atomic E-state index is 0.0927. The first-order valence-corrected chi connectivity index (χ1v) is 14.2. The van der Waals surface area contributed by atoms with Gasteiger partial charge in [-0.25, -0.2) is 23.5 Å². The van der Waals surface area contributed by atoms with Crippen LogP contribution in [0.1, 0.15) is 16.8 Å². The molecule has 0 aliphatic rings. The molecular formula is C27H26N6O3S2. The summed E-state index contributed by atoms with van der Waals surface area (Å²) in [6.45, 7) is 0.559. The monoisotopic (exact) mass is 546 g/mol. The van der Waals surface area contributed by atoms with Gasteiger partial charge in [0.15, 0.2) is 5.13 Å². The molecule has 5 aromatic rings. The molecule has 3 aromatic carbocycles. The van der Waals surface area contributed by atoms with Crippen molar-refractivity contribution in [3.05, 3.63) is 95.7 Å². The average Bonchev–Trinajstić information content (AvgIpc) is 3.30. The number of nitrogens with one attached hydrogen (secondary N) is 2. The van der Waals surface area contributed by atoms with Crippen LogP contribution in [-0.2, 0) is 22.9 Å². The quantitative estimate of drug-likeness (QED) is 0.229. The van der Waals surface area contributed by atoms with E-state index in [1.807, 2.05) is 42.5 Å². The molecule has 0 saturated heterocycles. The zero-order valence-electron chi connectivity index (χ0n) is 20.6. The van der Waals surface area contributed by atoms with Gasteiger partial charge in [-0.3, -0.25) is 0 Å². The van der Waals surface area contributed by atoms with Crippen molar-refractivity contribution in [2.24, 2.45) is 5.14 Å². The number of nitrogens with two attached hydrogens (primary N) is 1. The third-order valence-electron chi connectivity index (χ3n) is 5.79. The van der Waals surface area contributed by atoms with Crippen LogP contribution in [-0.4, -0.2) is 37.0 Å². The van der Waals surface area contributed by atoms with E-state index in [0.29, 0.717) is 31.2 Å². The second-order valence-corrected chi connectivity index (χ2v) is 11.2. The summed E-state index contributed by atoms with van der Waals surface area (Å²) >= 11 is 1.52. The highest BCUT2D eigenvalue weighted by Crippen LogP contribution is 2.31. The minimum atomic E-state index is -3.71. The maximum absolute atomic E-state index is 11.5. The fourth-order valence-corrected chi connectivity index (χ4v) is 5.31. The maximum Gasteiger partial charge on any atom is 0.238 e. The smallest absolute Gasteiger partial charge is 0.238 e. The molecule has 38 heavy (non-hydrogen) atoms. The van der Waals surface area contributed by atoms with Crippen LogP contribution in [0.3, 0.4) is 0 Å². The first kappa shape index (κ1) is 25.6. The van der Waals surface area contributed by atoms with Gasteiger partial charge in [0.05, 0.1) is 27.9 Å². The van der Waals surface area contributed by atoms with Crippen molar-refractivity contribution in [2.75, 3.05) is 24.3 Å². The largest absolute Gasteiger partial charge is 0.497 e. The highest BCUT2D eigenvalue weighted by Gasteiger charge is 2.11. The second kappa shape index (κ2) is 11.1. The standard InChI is InChI=1S/C27H26N6O3S2/c1-36-21-9-12-23-24(17-21)37-27(31-23)33-25-16-20(15-19-5-3-2-4-6-19)30-26(32-25)29-14-13-18-7-10-22(11-8-18)38(28,34)35/h2-12,16-17H,13-15H2,1H3,(H2,28,34,35)(H2,29,30,31,32,33). The molecule has 0 radical (unpaired) electrons. The van der Waals surface area contributed by atoms with Crippen molar-refractivity contribution < 1.29 is 13.2 Å². The number of methoxy groups -OCH3 is 1. The van der Waals surface area contributed by atoms with Crippen molar-refractivity contribution in [3.63, 3.8) is 0 Å². The lowest BCUT2D eigenvalue weighted by molar-refractivity contribution is 0.415. The Morgan fingerprint density at radius 1 is 0.921 bits per heavy atom. The number of ether oxygens (including phenoxy) is 1. The van der Waals surface area contributed by atoms with Gasteiger partial charge in [-0.05, 0) is 47.9 Å². The molecule has 0 spiro atoms. The molecule has 4 N–H and O–H groups in total. The van der Waals surface area contributed by atoms with E-state index < -0.39 is 10.0 Å². The highest BCUT2D eigenvalue weighted by molar-refractivity contribution is 7.89. The topological polar surface area (TPSA) is 132 Å². The van der Waals surface area contributed by atoms with Crippen molar-refractivity contribution in [1.82, 2.24) is 15.0 Å². The van der Waals surface area contributed by atoms with Crippen LogP contribution >= 0.6 is 11.3 Å². The first-order valence-electron chi connectivity index (χ1n) is 11.8. The Labute approximate surface area is 224 Å². The molecule has 0 saturated carbocycles. The third-order valence-corrected chi connectivity index (χ3v) is 7.65. The summed E-state index contributed by atoms with van der Waals surface area (Å²) in [6, 6.07) is 24.4. The number of sulfonamides is 1. The molecule has 194 valence electrons. The second-order valence-electron chi connectivity index (χ2n) is 8.57. The van der Waals surface area contributed by atoms with Crippen LogP contribution in [0.25, 0.3) is 10.2 Å². The molecule has 0 fully saturated rings. The molecule has 5 rings (SSSR count). The van der Waals surface area contributed by atoms with Crippen LogP contribution in [0.4, 0.5) is 16.9 Å². The number of hydrogen-bond acceptors (Lipinski definition) is 9. The van der Waals surface area contributed by atoms with E-state index in [1.165, 1.54) is 23.5 Å². The summed E-state index contributed by atoms with van der Waals surface area (Å²) in [5.41, 5.74) is 3.85. The van der Waals surface area contributed by atoms with E-state index in [1.54, 1.807) is 19.2 Å². The zero-order valence-corrected chi connectivity index (χ0v) is 22.2. The minimum Gasteiger partial charge on any atom is -0.497 e. The fourth-order valence-electron chi connectivity index (χ4n) is 3.90. The van der Waals surface area contributed by atoms with Crippen molar-refractivity contribution in [1.29, 1.82) is 0 Å². The Balaban J connectivity index is 1.34. The van der Waals surface area contributed by atoms with Gasteiger partial charge in [-0.15, -0.1) is 0 Å². The Morgan fingerprint density at radius 3 is 2.45 bits per heavy atom. The lowest BCUT2D eigenvalue weighted by Crippen LogP contribution is -2.12. The van der Waals surface area contributed by atoms with Gasteiger partial charge in [0, 0.05) is 19.0 Å². The number of primary sulfonamides is 1. The Bertz CT molecular complexity index is 1660. The van der Waals surface area contributed by atoms with E-state index in [4.69, 9.17) is 14.9 Å². The number of aromatic nitrogens is 3. The Morgan fingerprint density at radius 2 is 1.71 bits per heavy atom. The summed E-state index contributed by atoms with van der Waals surface area (Å²) in [6.07, 6.45) is 1.30. The van der Waals surface area contributed by atoms with Crippen LogP contribution in [0.5, 0.6) is 5.75 Å². The molecule has 0 unspecified atom stereocenters. The van der Waals surface area contributed by atoms with E-state index in [0.717, 1.165) is 37.9 Å². The van der Waals surface area contributed by atoms with Gasteiger partial charge in [-0.2, -0.15) is 4.98 Å². The molecule has 0 atom stereocenters. The zero-order chi connectivity index (χ0) is 26.5. The summed E-state index contributed by atoms with van der Waals surface area (Å²) < 4.78 is 29.3. The normalized spacial score (nSPS) is 11.4. The van der Waals surface area contributed by atoms with Gasteiger partial charge in [0.1, 0.15) is 11.6 Å². The predicted octanol–water partition coefficient (Wildman–Crippen LogP) is 4.73. The number of hydrogen-bond donors (Lipinski definition) is 3. The average molecular weight is 547 g/mol. The first-order chi connectivity index (χ1) is 18.4. The molecule has 2 aromatic heterocycles. The lowest BCUT2D eigenvalue weighted by Gasteiger charge is -2.11. The van der Waals surface area contributed by atoms with Crippen LogP contribution < -0.4 is 20.5 Å². The van der Waals surface area contributed by atoms with E-state index in [-0.39, 0.29) is 4.90 Å². The van der Waals surface area contributed by atoms with Gasteiger partial charge in [0.2, 0.25) is 16.0 Å². The number of thiazole rings is 1. The number of rotatable bonds is 10. The van der Waals surface area contributed by atoms with E-state index in [2.05, 4.69) is 32.7 Å². The molecule has 0 aliphatic heterocycles. The molecular weight excluding hydrogens is 520 g/mol. The third kappa shape index (κ3) is 6.43. The molecule has 0 bridgehead atoms. The lowest BCUT2D eigenvalue weighted by atomic mass is 10.1. The molecule has 0 amide bonds. The molecule has 9 nitrogen and oxygen atoms in total. The Hall–Kier alpha value is -4.06. The maximum atomic E-state index is 11.5. The summed E-state index contributed by atoms with van der Waals surface area (Å²) in [5.74, 6) is 1.91. The molecule has 2 heterocycles. The van der Waals surface area contributed by atoms with Gasteiger partial charge >= 0.3 is 0 Å². The number of anilines is 3. The summed E-state index contributed by atoms with van der Waals surface area (Å²) in [4.78, 5) is 14.2. The molecule has 11 heteroatoms. The Kier molecular flexibility index (Phi) is 7.50. The van der Waals surface area contributed by atoms with Gasteiger partial charge in [0.25, 0.3) is 0 Å². The van der Waals surface area contributed by atoms with Crippen LogP contribution in [0.2, 0.25) is 0 Å². The predicted molar refractivity (Wildman–Crippen MR) is 151 cm³/mol. The summed E-state index contributed by atoms with van der Waals surface area (Å²) in [7, 11) is -2.07. The van der Waals surface area contributed by atoms with Crippen LogP contribution in [0, 0.1) is 0 Å². The molecule has 0 aliphatic carbocycles. The number of fused-ring (bicyclic) bond motifs is 1. The van der Waals surface area contributed by atoms with Crippen LogP contribution in [0.15, 0.2) is 83.8 Å². The SMILES string of the molecule is COc1ccc2nc(Nc3cc(Cc4ccccc4)nc(NCCc4ccc(S(N)(=O)=O)cc4)n3)sc2c1.